The fourth-order valence-corrected chi connectivity index (χ4v) is 3.58. The van der Waals surface area contributed by atoms with Crippen LogP contribution in [0.3, 0.4) is 0 Å². The van der Waals surface area contributed by atoms with E-state index in [1.165, 1.54) is 32.4 Å². The predicted octanol–water partition coefficient (Wildman–Crippen LogP) is -0.167. The fourth-order valence-electron chi connectivity index (χ4n) is 3.58. The van der Waals surface area contributed by atoms with Gasteiger partial charge in [-0.1, -0.05) is 0 Å². The first-order valence-electron chi connectivity index (χ1n) is 9.93. The van der Waals surface area contributed by atoms with Crippen molar-refractivity contribution >= 4 is 5.78 Å². The number of phenols is 2. The molecule has 11 heteroatoms. The molecule has 0 aliphatic carbocycles. The maximum Gasteiger partial charge on any atom is 0.229 e. The molecule has 2 aromatic carbocycles. The summed E-state index contributed by atoms with van der Waals surface area (Å²) < 4.78 is 21.1. The SMILES string of the molecule is COc1cc(C)c(C(=O)c2c(O)cc(OC)cc2O[C@@H]2O[C@H](CO)[C@@H](O)[C@H](O)[C@H]2O)c(O)c1. The summed E-state index contributed by atoms with van der Waals surface area (Å²) in [7, 11) is 2.71. The van der Waals surface area contributed by atoms with E-state index in [1.807, 2.05) is 0 Å². The average Bonchev–Trinajstić information content (AvgIpc) is 2.78. The van der Waals surface area contributed by atoms with Crippen molar-refractivity contribution in [2.24, 2.45) is 0 Å². The minimum Gasteiger partial charge on any atom is -0.507 e. The molecule has 0 spiro atoms. The second-order valence-electron chi connectivity index (χ2n) is 7.50. The molecule has 1 aliphatic rings. The van der Waals surface area contributed by atoms with Crippen LogP contribution in [-0.4, -0.2) is 88.0 Å². The number of ketones is 1. The molecule has 0 unspecified atom stereocenters. The largest absolute Gasteiger partial charge is 0.507 e. The quantitative estimate of drug-likeness (QED) is 0.299. The van der Waals surface area contributed by atoms with Crippen LogP contribution < -0.4 is 14.2 Å². The number of aryl methyl sites for hydroxylation is 1. The normalized spacial score (nSPS) is 24.9. The Hall–Kier alpha value is -3.09. The lowest BCUT2D eigenvalue weighted by atomic mass is 9.96. The summed E-state index contributed by atoms with van der Waals surface area (Å²) >= 11 is 0. The zero-order valence-electron chi connectivity index (χ0n) is 18.1. The molecule has 1 saturated heterocycles. The molecule has 1 aliphatic heterocycles. The van der Waals surface area contributed by atoms with Gasteiger partial charge in [-0.15, -0.1) is 0 Å². The summed E-state index contributed by atoms with van der Waals surface area (Å²) in [5.74, 6) is -1.64. The molecule has 11 nitrogen and oxygen atoms in total. The van der Waals surface area contributed by atoms with Crippen LogP contribution in [0.5, 0.6) is 28.7 Å². The zero-order chi connectivity index (χ0) is 24.4. The predicted molar refractivity (Wildman–Crippen MR) is 112 cm³/mol. The van der Waals surface area contributed by atoms with Crippen molar-refractivity contribution in [2.45, 2.75) is 37.6 Å². The number of aliphatic hydroxyl groups excluding tert-OH is 4. The van der Waals surface area contributed by atoms with E-state index in [4.69, 9.17) is 18.9 Å². The first-order valence-corrected chi connectivity index (χ1v) is 9.93. The van der Waals surface area contributed by atoms with Gasteiger partial charge in [0.2, 0.25) is 12.1 Å². The summed E-state index contributed by atoms with van der Waals surface area (Å²) in [5.41, 5.74) is -0.155. The smallest absolute Gasteiger partial charge is 0.229 e. The van der Waals surface area contributed by atoms with E-state index in [0.29, 0.717) is 11.3 Å². The molecule has 0 aromatic heterocycles. The number of ether oxygens (including phenoxy) is 4. The molecule has 2 aromatic rings. The molecule has 1 heterocycles. The Morgan fingerprint density at radius 2 is 1.48 bits per heavy atom. The van der Waals surface area contributed by atoms with Gasteiger partial charge in [0.05, 0.1) is 26.4 Å². The highest BCUT2D eigenvalue weighted by atomic mass is 16.7. The number of methoxy groups -OCH3 is 2. The van der Waals surface area contributed by atoms with E-state index in [0.717, 1.165) is 6.07 Å². The number of aromatic hydroxyl groups is 2. The number of hydrogen-bond donors (Lipinski definition) is 6. The van der Waals surface area contributed by atoms with Gasteiger partial charge in [-0.25, -0.2) is 0 Å². The summed E-state index contributed by atoms with van der Waals surface area (Å²) in [5, 5.41) is 60.7. The van der Waals surface area contributed by atoms with Gasteiger partial charge >= 0.3 is 0 Å². The minimum absolute atomic E-state index is 0.0966. The first kappa shape index (κ1) is 24.6. The molecule has 3 rings (SSSR count). The Balaban J connectivity index is 2.07. The van der Waals surface area contributed by atoms with Crippen LogP contribution in [0.4, 0.5) is 0 Å². The van der Waals surface area contributed by atoms with Gasteiger partial charge in [0, 0.05) is 18.2 Å². The van der Waals surface area contributed by atoms with Crippen LogP contribution >= 0.6 is 0 Å². The molecule has 0 radical (unpaired) electrons. The number of benzene rings is 2. The molecule has 1 fully saturated rings. The van der Waals surface area contributed by atoms with Crippen LogP contribution in [0.25, 0.3) is 0 Å². The van der Waals surface area contributed by atoms with Crippen LogP contribution in [0, 0.1) is 6.92 Å². The van der Waals surface area contributed by atoms with Gasteiger partial charge in [0.25, 0.3) is 0 Å². The lowest BCUT2D eigenvalue weighted by Crippen LogP contribution is -2.60. The van der Waals surface area contributed by atoms with Gasteiger partial charge < -0.3 is 49.6 Å². The number of phenolic OH excluding ortho intramolecular Hbond substituents is 2. The standard InChI is InChI=1S/C22H26O11/c1-9-4-10(30-2)5-12(24)16(9)19(27)17-13(25)6-11(31-3)7-14(17)32-22-21(29)20(28)18(26)15(8-23)33-22/h4-7,15,18,20-26,28-29H,8H2,1-3H3/t15-,18-,20+,21-,22-/m1/s1. The van der Waals surface area contributed by atoms with Gasteiger partial charge in [0.15, 0.2) is 0 Å². The molecule has 5 atom stereocenters. The van der Waals surface area contributed by atoms with Crippen molar-refractivity contribution in [2.75, 3.05) is 20.8 Å². The Labute approximate surface area is 189 Å². The maximum atomic E-state index is 13.4. The van der Waals surface area contributed by atoms with Crippen LogP contribution in [0.15, 0.2) is 24.3 Å². The van der Waals surface area contributed by atoms with Crippen molar-refractivity contribution in [3.63, 3.8) is 0 Å². The molecule has 180 valence electrons. The number of hydrogen-bond acceptors (Lipinski definition) is 11. The second kappa shape index (κ2) is 9.81. The van der Waals surface area contributed by atoms with Gasteiger partial charge in [0.1, 0.15) is 58.7 Å². The molecule has 0 saturated carbocycles. The number of rotatable bonds is 7. The van der Waals surface area contributed by atoms with Crippen LogP contribution in [0.1, 0.15) is 21.5 Å². The Kier molecular flexibility index (Phi) is 7.30. The maximum absolute atomic E-state index is 13.4. The average molecular weight is 466 g/mol. The third-order valence-corrected chi connectivity index (χ3v) is 5.36. The Morgan fingerprint density at radius 1 is 0.909 bits per heavy atom. The van der Waals surface area contributed by atoms with Crippen molar-refractivity contribution in [1.29, 1.82) is 0 Å². The van der Waals surface area contributed by atoms with Crippen molar-refractivity contribution in [1.82, 2.24) is 0 Å². The van der Waals surface area contributed by atoms with E-state index < -0.39 is 54.6 Å². The molecule has 0 amide bonds. The van der Waals surface area contributed by atoms with Crippen molar-refractivity contribution in [3.8, 4) is 28.7 Å². The van der Waals surface area contributed by atoms with E-state index in [9.17, 15) is 35.4 Å². The summed E-state index contributed by atoms with van der Waals surface area (Å²) in [6.07, 6.45) is -7.95. The van der Waals surface area contributed by atoms with E-state index in [-0.39, 0.29) is 22.6 Å². The fraction of sp³-hybridized carbons (Fsp3) is 0.409. The third kappa shape index (κ3) is 4.68. The van der Waals surface area contributed by atoms with Gasteiger partial charge in [-0.2, -0.15) is 0 Å². The zero-order valence-corrected chi connectivity index (χ0v) is 18.1. The first-order chi connectivity index (χ1) is 15.6. The lowest BCUT2D eigenvalue weighted by Gasteiger charge is -2.39. The Morgan fingerprint density at radius 3 is 2.03 bits per heavy atom. The van der Waals surface area contributed by atoms with Crippen LogP contribution in [-0.2, 0) is 4.74 Å². The summed E-state index contributed by atoms with van der Waals surface area (Å²) in [4.78, 5) is 13.4. The highest BCUT2D eigenvalue weighted by molar-refractivity contribution is 6.15. The lowest BCUT2D eigenvalue weighted by molar-refractivity contribution is -0.277. The second-order valence-corrected chi connectivity index (χ2v) is 7.50. The molecule has 33 heavy (non-hydrogen) atoms. The summed E-state index contributed by atoms with van der Waals surface area (Å²) in [6.45, 7) is 0.882. The van der Waals surface area contributed by atoms with Gasteiger partial charge in [-0.3, -0.25) is 4.79 Å². The minimum atomic E-state index is -1.75. The van der Waals surface area contributed by atoms with E-state index >= 15 is 0 Å². The third-order valence-electron chi connectivity index (χ3n) is 5.36. The topological polar surface area (TPSA) is 175 Å². The number of aliphatic hydroxyl groups is 4. The molecular weight excluding hydrogens is 440 g/mol. The Bertz CT molecular complexity index is 997. The monoisotopic (exact) mass is 466 g/mol. The van der Waals surface area contributed by atoms with E-state index in [1.54, 1.807) is 6.92 Å². The van der Waals surface area contributed by atoms with E-state index in [2.05, 4.69) is 0 Å². The molecule has 0 bridgehead atoms. The van der Waals surface area contributed by atoms with Crippen LogP contribution in [0.2, 0.25) is 0 Å². The van der Waals surface area contributed by atoms with Crippen molar-refractivity contribution < 1.29 is 54.4 Å². The highest BCUT2D eigenvalue weighted by Gasteiger charge is 2.45. The number of carbonyl (C=O) groups excluding carboxylic acids is 1. The van der Waals surface area contributed by atoms with Gasteiger partial charge in [-0.05, 0) is 18.6 Å². The summed E-state index contributed by atoms with van der Waals surface area (Å²) in [6, 6.07) is 5.15. The molecule has 6 N–H and O–H groups in total. The number of carbonyl (C=O) groups is 1. The van der Waals surface area contributed by atoms with Crippen molar-refractivity contribution in [3.05, 3.63) is 41.0 Å². The highest BCUT2D eigenvalue weighted by Crippen LogP contribution is 2.39. The molecular formula is C22H26O11.